The number of aliphatic hydroxyl groups is 5. The number of nitrogens with one attached hydrogen (secondary N) is 1. The second-order valence-electron chi connectivity index (χ2n) is 30.6. The van der Waals surface area contributed by atoms with Gasteiger partial charge in [-0.1, -0.05) is 390 Å². The van der Waals surface area contributed by atoms with E-state index in [9.17, 15) is 35.1 Å². The van der Waals surface area contributed by atoms with Crippen molar-refractivity contribution in [3.8, 4) is 0 Å². The van der Waals surface area contributed by atoms with E-state index in [1.807, 2.05) is 6.08 Å². The van der Waals surface area contributed by atoms with Crippen LogP contribution in [0.25, 0.3) is 0 Å². The maximum Gasteiger partial charge on any atom is 0.305 e. The summed E-state index contributed by atoms with van der Waals surface area (Å²) >= 11 is 0. The van der Waals surface area contributed by atoms with Crippen molar-refractivity contribution in [2.45, 2.75) is 487 Å². The molecule has 6 N–H and O–H groups in total. The van der Waals surface area contributed by atoms with Gasteiger partial charge >= 0.3 is 5.97 Å². The van der Waals surface area contributed by atoms with Gasteiger partial charge in [0, 0.05) is 12.8 Å². The summed E-state index contributed by atoms with van der Waals surface area (Å²) in [5, 5.41) is 54.7. The van der Waals surface area contributed by atoms with E-state index in [1.54, 1.807) is 6.08 Å². The van der Waals surface area contributed by atoms with Gasteiger partial charge in [0.25, 0.3) is 0 Å². The van der Waals surface area contributed by atoms with Gasteiger partial charge in [-0.25, -0.2) is 0 Å². The molecule has 0 bridgehead atoms. The molecule has 0 aromatic rings. The molecule has 7 unspecified atom stereocenters. The van der Waals surface area contributed by atoms with Gasteiger partial charge in [0.2, 0.25) is 5.91 Å². The molecule has 0 aliphatic carbocycles. The third-order valence-electron chi connectivity index (χ3n) is 20.9. The molecule has 0 saturated carbocycles. The first-order chi connectivity index (χ1) is 49.2. The molecule has 0 spiro atoms. The highest BCUT2D eigenvalue weighted by atomic mass is 16.7. The largest absolute Gasteiger partial charge is 0.466 e. The third kappa shape index (κ3) is 65.2. The normalized spacial score (nSPS) is 17.3. The Bertz CT molecular complexity index is 1800. The SMILES string of the molecule is CCCCCCCC/C=C\CCCCCCCCCCCC(=O)OCCCCCCCCCCCCCCCCC/C=C\C/C=C\CCCCCCCCCCCCCCCCCCCC(=O)NC(COC1OC(CO)C(O)C(O)C1O)C(O)/C=C/CCCCCCCCCCCCCC. The minimum Gasteiger partial charge on any atom is -0.466 e. The molecular weight excluding hydrogens is 1240 g/mol. The van der Waals surface area contributed by atoms with Crippen LogP contribution in [0.5, 0.6) is 0 Å². The highest BCUT2D eigenvalue weighted by molar-refractivity contribution is 5.76. The van der Waals surface area contributed by atoms with Crippen LogP contribution in [0.15, 0.2) is 48.6 Å². The van der Waals surface area contributed by atoms with E-state index in [4.69, 9.17) is 14.2 Å². The van der Waals surface area contributed by atoms with Crippen LogP contribution in [0.3, 0.4) is 0 Å². The van der Waals surface area contributed by atoms with Gasteiger partial charge in [-0.15, -0.1) is 0 Å². The van der Waals surface area contributed by atoms with Crippen LogP contribution < -0.4 is 5.32 Å². The number of hydrogen-bond donors (Lipinski definition) is 6. The van der Waals surface area contributed by atoms with Crippen LogP contribution in [-0.2, 0) is 23.8 Å². The van der Waals surface area contributed by atoms with E-state index in [-0.39, 0.29) is 18.5 Å². The molecular formula is C89H167NO10. The second kappa shape index (κ2) is 77.7. The fourth-order valence-corrected chi connectivity index (χ4v) is 14.1. The molecule has 1 saturated heterocycles. The molecule has 11 heteroatoms. The monoisotopic (exact) mass is 1410 g/mol. The van der Waals surface area contributed by atoms with Crippen LogP contribution in [-0.4, -0.2) is 100 Å². The topological polar surface area (TPSA) is 175 Å². The number of unbranched alkanes of at least 4 members (excludes halogenated alkanes) is 59. The highest BCUT2D eigenvalue weighted by Gasteiger charge is 2.44. The van der Waals surface area contributed by atoms with Crippen LogP contribution in [0.2, 0.25) is 0 Å². The first-order valence-corrected chi connectivity index (χ1v) is 43.9. The van der Waals surface area contributed by atoms with Gasteiger partial charge in [-0.3, -0.25) is 9.59 Å². The van der Waals surface area contributed by atoms with E-state index in [2.05, 4.69) is 55.6 Å². The molecule has 1 fully saturated rings. The number of aliphatic hydroxyl groups excluding tert-OH is 5. The van der Waals surface area contributed by atoms with Gasteiger partial charge in [0.15, 0.2) is 6.29 Å². The van der Waals surface area contributed by atoms with Crippen molar-refractivity contribution in [3.05, 3.63) is 48.6 Å². The van der Waals surface area contributed by atoms with Crippen molar-refractivity contribution in [2.75, 3.05) is 19.8 Å². The number of ether oxygens (including phenoxy) is 3. The van der Waals surface area contributed by atoms with Crippen molar-refractivity contribution in [2.24, 2.45) is 0 Å². The lowest BCUT2D eigenvalue weighted by molar-refractivity contribution is -0.302. The van der Waals surface area contributed by atoms with Crippen molar-refractivity contribution in [1.82, 2.24) is 5.32 Å². The maximum absolute atomic E-state index is 13.1. The number of carbonyl (C=O) groups excluding carboxylic acids is 2. The molecule has 1 aliphatic heterocycles. The fourth-order valence-electron chi connectivity index (χ4n) is 14.1. The quantitative estimate of drug-likeness (QED) is 0.0195. The van der Waals surface area contributed by atoms with Crippen molar-refractivity contribution < 1.29 is 49.3 Å². The minimum absolute atomic E-state index is 0.0150. The van der Waals surface area contributed by atoms with E-state index in [1.165, 1.54) is 353 Å². The first kappa shape index (κ1) is 95.6. The van der Waals surface area contributed by atoms with Crippen LogP contribution in [0, 0.1) is 0 Å². The molecule has 1 rings (SSSR count). The van der Waals surface area contributed by atoms with Crippen molar-refractivity contribution in [1.29, 1.82) is 0 Å². The smallest absolute Gasteiger partial charge is 0.305 e. The fraction of sp³-hybridized carbons (Fsp3) is 0.888. The maximum atomic E-state index is 13.1. The van der Waals surface area contributed by atoms with Gasteiger partial charge < -0.3 is 45.1 Å². The van der Waals surface area contributed by atoms with Crippen LogP contribution >= 0.6 is 0 Å². The summed E-state index contributed by atoms with van der Waals surface area (Å²) < 4.78 is 16.8. The summed E-state index contributed by atoms with van der Waals surface area (Å²) in [7, 11) is 0. The molecule has 1 aliphatic rings. The number of hydrogen-bond acceptors (Lipinski definition) is 10. The van der Waals surface area contributed by atoms with Gasteiger partial charge in [-0.2, -0.15) is 0 Å². The molecule has 100 heavy (non-hydrogen) atoms. The third-order valence-corrected chi connectivity index (χ3v) is 20.9. The molecule has 0 radical (unpaired) electrons. The molecule has 11 nitrogen and oxygen atoms in total. The second-order valence-corrected chi connectivity index (χ2v) is 30.6. The van der Waals surface area contributed by atoms with E-state index < -0.39 is 49.5 Å². The molecule has 588 valence electrons. The lowest BCUT2D eigenvalue weighted by Crippen LogP contribution is -2.60. The van der Waals surface area contributed by atoms with Gasteiger partial charge in [0.1, 0.15) is 24.4 Å². The highest BCUT2D eigenvalue weighted by Crippen LogP contribution is 2.24. The van der Waals surface area contributed by atoms with E-state index in [0.29, 0.717) is 19.4 Å². The molecule has 0 aromatic heterocycles. The Labute approximate surface area is 618 Å². The first-order valence-electron chi connectivity index (χ1n) is 43.9. The number of allylic oxidation sites excluding steroid dienone is 7. The van der Waals surface area contributed by atoms with Gasteiger partial charge in [0.05, 0.1) is 32.0 Å². The summed E-state index contributed by atoms with van der Waals surface area (Å²) in [5.41, 5.74) is 0. The standard InChI is InChI=1S/C89H167NO10/c1-3-5-7-9-11-13-15-17-19-20-42-46-49-53-57-61-65-69-73-77-85(94)98-78-74-70-66-62-58-54-50-47-44-41-39-37-35-33-31-29-27-25-23-21-22-24-26-28-30-32-34-36-38-40-43-45-48-52-56-60-64-68-72-76-84(93)90-81(80-99-89-88(97)87(96)86(95)83(79-91)100-89)82(92)75-71-67-63-59-55-51-18-16-14-12-10-8-6-4-2/h17,19,21-22,25,27,71,75,81-83,86-89,91-92,95-97H,3-16,18,20,23-24,26,28-70,72-74,76-80H2,1-2H3,(H,90,93)/b19-17-,22-21-,27-25-,75-71+. The number of esters is 1. The van der Waals surface area contributed by atoms with Gasteiger partial charge in [-0.05, 0) is 89.9 Å². The van der Waals surface area contributed by atoms with Crippen LogP contribution in [0.1, 0.15) is 444 Å². The van der Waals surface area contributed by atoms with Crippen molar-refractivity contribution in [3.63, 3.8) is 0 Å². The Morgan fingerprint density at radius 1 is 0.370 bits per heavy atom. The predicted octanol–water partition coefficient (Wildman–Crippen LogP) is 24.6. The molecule has 1 heterocycles. The Hall–Kier alpha value is -2.38. The van der Waals surface area contributed by atoms with E-state index in [0.717, 1.165) is 64.2 Å². The zero-order valence-electron chi connectivity index (χ0n) is 65.9. The van der Waals surface area contributed by atoms with E-state index >= 15 is 0 Å². The van der Waals surface area contributed by atoms with Crippen molar-refractivity contribution >= 4 is 11.9 Å². The molecule has 0 aromatic carbocycles. The zero-order valence-corrected chi connectivity index (χ0v) is 65.9. The Balaban J connectivity index is 1.88. The summed E-state index contributed by atoms with van der Waals surface area (Å²) in [5.74, 6) is -0.161. The summed E-state index contributed by atoms with van der Waals surface area (Å²) in [6, 6.07) is -0.809. The Morgan fingerprint density at radius 3 is 1.02 bits per heavy atom. The summed E-state index contributed by atoms with van der Waals surface area (Å²) in [6.45, 7) is 4.40. The lowest BCUT2D eigenvalue weighted by atomic mass is 9.99. The number of rotatable bonds is 79. The average molecular weight is 1410 g/mol. The average Bonchev–Trinajstić information content (AvgIpc) is 0.822. The molecule has 1 amide bonds. The molecule has 7 atom stereocenters. The lowest BCUT2D eigenvalue weighted by Gasteiger charge is -2.40. The Morgan fingerprint density at radius 2 is 0.670 bits per heavy atom. The summed E-state index contributed by atoms with van der Waals surface area (Å²) in [4.78, 5) is 25.3. The zero-order chi connectivity index (χ0) is 72.2. The Kier molecular flexibility index (Phi) is 74.3. The number of carbonyl (C=O) groups is 2. The predicted molar refractivity (Wildman–Crippen MR) is 426 cm³/mol. The number of amides is 1. The van der Waals surface area contributed by atoms with Crippen LogP contribution in [0.4, 0.5) is 0 Å². The summed E-state index contributed by atoms with van der Waals surface area (Å²) in [6.07, 6.45) is 94.5. The minimum atomic E-state index is -1.57.